The minimum Gasteiger partial charge on any atom is -0.368 e. The van der Waals surface area contributed by atoms with E-state index in [-0.39, 0.29) is 11.9 Å². The fourth-order valence-corrected chi connectivity index (χ4v) is 2.63. The first kappa shape index (κ1) is 17.9. The summed E-state index contributed by atoms with van der Waals surface area (Å²) in [6.07, 6.45) is 1.73. The molecule has 0 saturated heterocycles. The van der Waals surface area contributed by atoms with Crippen molar-refractivity contribution in [2.24, 2.45) is 0 Å². The summed E-state index contributed by atoms with van der Waals surface area (Å²) in [7, 11) is 0. The van der Waals surface area contributed by atoms with Crippen LogP contribution in [-0.4, -0.2) is 21.9 Å². The summed E-state index contributed by atoms with van der Waals surface area (Å²) < 4.78 is 0. The molecule has 2 N–H and O–H groups in total. The zero-order chi connectivity index (χ0) is 17.7. The van der Waals surface area contributed by atoms with Crippen molar-refractivity contribution in [2.75, 3.05) is 10.6 Å². The van der Waals surface area contributed by atoms with E-state index in [9.17, 15) is 4.79 Å². The Morgan fingerprint density at radius 1 is 1.12 bits per heavy atom. The number of nitrogens with zero attached hydrogens (tertiary/aromatic N) is 2. The Balaban J connectivity index is 2.32. The van der Waals surface area contributed by atoms with Crippen LogP contribution in [0.15, 0.2) is 24.3 Å². The smallest absolute Gasteiger partial charge is 0.274 e. The van der Waals surface area contributed by atoms with Gasteiger partial charge in [-0.3, -0.25) is 4.79 Å². The third-order valence-electron chi connectivity index (χ3n) is 3.74. The Morgan fingerprint density at radius 3 is 2.29 bits per heavy atom. The molecule has 2 aromatic rings. The third-order valence-corrected chi connectivity index (χ3v) is 3.74. The molecule has 1 heterocycles. The first-order valence-corrected chi connectivity index (χ1v) is 8.48. The maximum Gasteiger partial charge on any atom is 0.274 e. The van der Waals surface area contributed by atoms with E-state index in [0.29, 0.717) is 17.3 Å². The summed E-state index contributed by atoms with van der Waals surface area (Å²) in [6, 6.07) is 8.06. The summed E-state index contributed by atoms with van der Waals surface area (Å²) in [5.74, 6) is 1.04. The number of para-hydroxylation sites is 1. The molecule has 0 aliphatic heterocycles. The third kappa shape index (κ3) is 4.31. The molecule has 0 unspecified atom stereocenters. The standard InChI is InChI=1S/C19H26N4O/c1-6-14-9-8-10-15(7-2)18(14)23-19(24)16-11-17(20-12(3)4)22-13(5)21-16/h8-12H,6-7H2,1-5H3,(H,23,24)(H,20,21,22). The van der Waals surface area contributed by atoms with Crippen LogP contribution in [0.5, 0.6) is 0 Å². The molecule has 1 aromatic heterocycles. The number of aryl methyl sites for hydroxylation is 3. The van der Waals surface area contributed by atoms with Crippen molar-refractivity contribution in [3.05, 3.63) is 46.9 Å². The van der Waals surface area contributed by atoms with E-state index in [1.54, 1.807) is 13.0 Å². The average Bonchev–Trinajstić information content (AvgIpc) is 2.53. The molecule has 1 amide bonds. The Bertz CT molecular complexity index is 703. The lowest BCUT2D eigenvalue weighted by Crippen LogP contribution is -2.19. The van der Waals surface area contributed by atoms with E-state index >= 15 is 0 Å². The van der Waals surface area contributed by atoms with Crippen LogP contribution in [0.2, 0.25) is 0 Å². The van der Waals surface area contributed by atoms with E-state index in [2.05, 4.69) is 34.4 Å². The van der Waals surface area contributed by atoms with Crippen LogP contribution < -0.4 is 10.6 Å². The van der Waals surface area contributed by atoms with Gasteiger partial charge in [0.05, 0.1) is 0 Å². The molecular formula is C19H26N4O. The molecule has 0 fully saturated rings. The molecule has 0 aliphatic carbocycles. The number of hydrogen-bond acceptors (Lipinski definition) is 4. The highest BCUT2D eigenvalue weighted by atomic mass is 16.1. The molecule has 0 aliphatic rings. The van der Waals surface area contributed by atoms with Crippen molar-refractivity contribution >= 4 is 17.4 Å². The number of amides is 1. The Kier molecular flexibility index (Phi) is 5.90. The lowest BCUT2D eigenvalue weighted by atomic mass is 10.0. The van der Waals surface area contributed by atoms with Gasteiger partial charge in [0, 0.05) is 17.8 Å². The molecule has 1 aromatic carbocycles. The van der Waals surface area contributed by atoms with E-state index < -0.39 is 0 Å². The van der Waals surface area contributed by atoms with Crippen molar-refractivity contribution in [2.45, 2.75) is 53.5 Å². The van der Waals surface area contributed by atoms with Crippen LogP contribution in [0.3, 0.4) is 0 Å². The minimum atomic E-state index is -0.206. The van der Waals surface area contributed by atoms with Gasteiger partial charge in [-0.25, -0.2) is 9.97 Å². The second-order valence-electron chi connectivity index (χ2n) is 6.10. The Morgan fingerprint density at radius 2 is 1.75 bits per heavy atom. The lowest BCUT2D eigenvalue weighted by Gasteiger charge is -2.15. The van der Waals surface area contributed by atoms with Gasteiger partial charge in [0.15, 0.2) is 0 Å². The number of benzene rings is 1. The zero-order valence-corrected chi connectivity index (χ0v) is 15.1. The number of aromatic nitrogens is 2. The summed E-state index contributed by atoms with van der Waals surface area (Å²) in [4.78, 5) is 21.3. The summed E-state index contributed by atoms with van der Waals surface area (Å²) in [5.41, 5.74) is 3.55. The fourth-order valence-electron chi connectivity index (χ4n) is 2.63. The first-order valence-electron chi connectivity index (χ1n) is 8.48. The van der Waals surface area contributed by atoms with E-state index in [1.807, 2.05) is 32.0 Å². The normalized spacial score (nSPS) is 10.8. The van der Waals surface area contributed by atoms with Crippen LogP contribution in [0.1, 0.15) is 55.1 Å². The van der Waals surface area contributed by atoms with Gasteiger partial charge in [-0.1, -0.05) is 32.0 Å². The van der Waals surface area contributed by atoms with E-state index in [0.717, 1.165) is 29.7 Å². The molecule has 0 atom stereocenters. The maximum absolute atomic E-state index is 12.7. The molecule has 0 spiro atoms. The van der Waals surface area contributed by atoms with Gasteiger partial charge in [-0.2, -0.15) is 0 Å². The van der Waals surface area contributed by atoms with Crippen molar-refractivity contribution in [3.63, 3.8) is 0 Å². The highest BCUT2D eigenvalue weighted by Gasteiger charge is 2.14. The number of rotatable bonds is 6. The quantitative estimate of drug-likeness (QED) is 0.842. The van der Waals surface area contributed by atoms with Crippen LogP contribution >= 0.6 is 0 Å². The van der Waals surface area contributed by atoms with E-state index in [1.165, 1.54) is 0 Å². The van der Waals surface area contributed by atoms with Gasteiger partial charge in [-0.15, -0.1) is 0 Å². The Hall–Kier alpha value is -2.43. The summed E-state index contributed by atoms with van der Waals surface area (Å²) in [6.45, 7) is 10.0. The SMILES string of the molecule is CCc1cccc(CC)c1NC(=O)c1cc(NC(C)C)nc(C)n1. The van der Waals surface area contributed by atoms with Crippen molar-refractivity contribution < 1.29 is 4.79 Å². The molecule has 5 heteroatoms. The predicted octanol–water partition coefficient (Wildman–Crippen LogP) is 3.98. The van der Waals surface area contributed by atoms with Gasteiger partial charge in [-0.05, 0) is 44.7 Å². The number of nitrogens with one attached hydrogen (secondary N) is 2. The lowest BCUT2D eigenvalue weighted by molar-refractivity contribution is 0.102. The molecule has 5 nitrogen and oxygen atoms in total. The molecule has 0 saturated carbocycles. The number of carbonyl (C=O) groups excluding carboxylic acids is 1. The monoisotopic (exact) mass is 326 g/mol. The fraction of sp³-hybridized carbons (Fsp3) is 0.421. The van der Waals surface area contributed by atoms with Gasteiger partial charge in [0.1, 0.15) is 17.3 Å². The number of hydrogen-bond donors (Lipinski definition) is 2. The predicted molar refractivity (Wildman–Crippen MR) is 98.7 cm³/mol. The van der Waals surface area contributed by atoms with Gasteiger partial charge >= 0.3 is 0 Å². The second-order valence-corrected chi connectivity index (χ2v) is 6.10. The number of carbonyl (C=O) groups is 1. The molecular weight excluding hydrogens is 300 g/mol. The van der Waals surface area contributed by atoms with E-state index in [4.69, 9.17) is 0 Å². The minimum absolute atomic E-state index is 0.206. The summed E-state index contributed by atoms with van der Waals surface area (Å²) in [5, 5.41) is 6.27. The maximum atomic E-state index is 12.7. The molecule has 2 rings (SSSR count). The summed E-state index contributed by atoms with van der Waals surface area (Å²) >= 11 is 0. The van der Waals surface area contributed by atoms with Crippen LogP contribution in [0.25, 0.3) is 0 Å². The second kappa shape index (κ2) is 7.90. The van der Waals surface area contributed by atoms with Crippen molar-refractivity contribution in [1.82, 2.24) is 9.97 Å². The number of anilines is 2. The molecule has 0 bridgehead atoms. The van der Waals surface area contributed by atoms with Crippen LogP contribution in [-0.2, 0) is 12.8 Å². The zero-order valence-electron chi connectivity index (χ0n) is 15.1. The average molecular weight is 326 g/mol. The molecule has 128 valence electrons. The largest absolute Gasteiger partial charge is 0.368 e. The first-order chi connectivity index (χ1) is 11.4. The van der Waals surface area contributed by atoms with Crippen LogP contribution in [0, 0.1) is 6.92 Å². The highest BCUT2D eigenvalue weighted by Crippen LogP contribution is 2.23. The Labute approximate surface area is 143 Å². The topological polar surface area (TPSA) is 66.9 Å². The molecule has 0 radical (unpaired) electrons. The van der Waals surface area contributed by atoms with Gasteiger partial charge in [0.2, 0.25) is 0 Å². The van der Waals surface area contributed by atoms with Crippen LogP contribution in [0.4, 0.5) is 11.5 Å². The van der Waals surface area contributed by atoms with Gasteiger partial charge < -0.3 is 10.6 Å². The molecule has 24 heavy (non-hydrogen) atoms. The highest BCUT2D eigenvalue weighted by molar-refractivity contribution is 6.04. The van der Waals surface area contributed by atoms with Gasteiger partial charge in [0.25, 0.3) is 5.91 Å². The van der Waals surface area contributed by atoms with Crippen molar-refractivity contribution in [1.29, 1.82) is 0 Å². The van der Waals surface area contributed by atoms with Crippen molar-refractivity contribution in [3.8, 4) is 0 Å².